The molecule has 0 bridgehead atoms. The molecule has 1 atom stereocenters. The Balaban J connectivity index is 2.25. The van der Waals surface area contributed by atoms with E-state index in [1.54, 1.807) is 5.56 Å². The Kier molecular flexibility index (Phi) is 7.97. The van der Waals surface area contributed by atoms with Crippen LogP contribution in [0.25, 0.3) is 0 Å². The van der Waals surface area contributed by atoms with Gasteiger partial charge in [-0.2, -0.15) is 0 Å². The first-order valence-electron chi connectivity index (χ1n) is 9.47. The van der Waals surface area contributed by atoms with Crippen molar-refractivity contribution in [2.75, 3.05) is 11.5 Å². The van der Waals surface area contributed by atoms with Gasteiger partial charge in [0.25, 0.3) is 0 Å². The SMILES string of the molecule is C/C1=C/CC/C=C(/C)SCC([Si](C)(C)C(C)c2ccccc2C)CS1. The zero-order valence-electron chi connectivity index (χ0n) is 16.8. The largest absolute Gasteiger partial charge is 0.131 e. The van der Waals surface area contributed by atoms with E-state index in [0.717, 1.165) is 5.54 Å². The highest BCUT2D eigenvalue weighted by molar-refractivity contribution is 8.04. The molecular weight excluding hydrogens is 356 g/mol. The molecule has 0 N–H and O–H groups in total. The Morgan fingerprint density at radius 3 is 1.96 bits per heavy atom. The fourth-order valence-corrected chi connectivity index (χ4v) is 11.0. The van der Waals surface area contributed by atoms with Crippen LogP contribution in [-0.2, 0) is 0 Å². The lowest BCUT2D eigenvalue weighted by Crippen LogP contribution is -2.41. The zero-order chi connectivity index (χ0) is 18.4. The van der Waals surface area contributed by atoms with Crippen molar-refractivity contribution in [3.8, 4) is 0 Å². The van der Waals surface area contributed by atoms with E-state index in [0.29, 0.717) is 5.54 Å². The van der Waals surface area contributed by atoms with Crippen molar-refractivity contribution in [3.63, 3.8) is 0 Å². The highest BCUT2D eigenvalue weighted by atomic mass is 32.2. The fraction of sp³-hybridized carbons (Fsp3) is 0.545. The summed E-state index contributed by atoms with van der Waals surface area (Å²) < 4.78 is 0. The van der Waals surface area contributed by atoms with E-state index in [1.807, 2.05) is 0 Å². The minimum absolute atomic E-state index is 0.693. The van der Waals surface area contributed by atoms with Crippen LogP contribution in [0.2, 0.25) is 18.6 Å². The second-order valence-electron chi connectivity index (χ2n) is 7.93. The summed E-state index contributed by atoms with van der Waals surface area (Å²) in [7, 11) is -1.44. The Bertz CT molecular complexity index is 607. The van der Waals surface area contributed by atoms with Crippen molar-refractivity contribution in [3.05, 3.63) is 57.4 Å². The third kappa shape index (κ3) is 5.80. The van der Waals surface area contributed by atoms with E-state index >= 15 is 0 Å². The summed E-state index contributed by atoms with van der Waals surface area (Å²) in [6, 6.07) is 9.01. The number of aryl methyl sites for hydroxylation is 1. The van der Waals surface area contributed by atoms with Gasteiger partial charge in [-0.25, -0.2) is 0 Å². The van der Waals surface area contributed by atoms with E-state index in [9.17, 15) is 0 Å². The Labute approximate surface area is 165 Å². The maximum atomic E-state index is 2.62. The van der Waals surface area contributed by atoms with Gasteiger partial charge >= 0.3 is 0 Å². The topological polar surface area (TPSA) is 0 Å². The molecule has 1 aliphatic rings. The molecule has 1 aromatic rings. The van der Waals surface area contributed by atoms with Gasteiger partial charge in [0.2, 0.25) is 0 Å². The smallest absolute Gasteiger partial charge is 0.0596 e. The molecule has 0 saturated heterocycles. The molecule has 0 amide bonds. The van der Waals surface area contributed by atoms with Gasteiger partial charge in [-0.05, 0) is 77.1 Å². The average molecular weight is 391 g/mol. The van der Waals surface area contributed by atoms with Gasteiger partial charge in [-0.3, -0.25) is 0 Å². The van der Waals surface area contributed by atoms with Gasteiger partial charge < -0.3 is 0 Å². The molecule has 1 aliphatic heterocycles. The maximum Gasteiger partial charge on any atom is 0.0596 e. The monoisotopic (exact) mass is 390 g/mol. The minimum Gasteiger partial charge on any atom is -0.131 e. The van der Waals surface area contributed by atoms with E-state index < -0.39 is 8.07 Å². The van der Waals surface area contributed by atoms with E-state index in [4.69, 9.17) is 0 Å². The van der Waals surface area contributed by atoms with Crippen LogP contribution in [0.15, 0.2) is 46.2 Å². The molecule has 0 saturated carbocycles. The average Bonchev–Trinajstić information content (AvgIpc) is 2.61. The van der Waals surface area contributed by atoms with Crippen LogP contribution in [0.3, 0.4) is 0 Å². The minimum atomic E-state index is -1.44. The number of hydrogen-bond acceptors (Lipinski definition) is 2. The third-order valence-electron chi connectivity index (χ3n) is 5.88. The molecule has 0 aliphatic carbocycles. The lowest BCUT2D eigenvalue weighted by Gasteiger charge is -2.38. The normalized spacial score (nSPS) is 23.8. The van der Waals surface area contributed by atoms with Gasteiger partial charge in [0.15, 0.2) is 0 Å². The highest BCUT2D eigenvalue weighted by Gasteiger charge is 2.38. The van der Waals surface area contributed by atoms with Crippen LogP contribution in [0, 0.1) is 6.92 Å². The van der Waals surface area contributed by atoms with E-state index in [-0.39, 0.29) is 0 Å². The van der Waals surface area contributed by atoms with E-state index in [2.05, 4.69) is 101 Å². The predicted molar refractivity (Wildman–Crippen MR) is 122 cm³/mol. The summed E-state index contributed by atoms with van der Waals surface area (Å²) in [6.07, 6.45) is 7.23. The molecule has 0 fully saturated rings. The van der Waals surface area contributed by atoms with Gasteiger partial charge in [-0.15, -0.1) is 23.5 Å². The van der Waals surface area contributed by atoms with Crippen molar-refractivity contribution in [2.45, 2.75) is 64.7 Å². The maximum absolute atomic E-state index is 2.62. The first-order valence-corrected chi connectivity index (χ1v) is 14.6. The lowest BCUT2D eigenvalue weighted by atomic mass is 10.1. The van der Waals surface area contributed by atoms with Crippen LogP contribution in [0.5, 0.6) is 0 Å². The van der Waals surface area contributed by atoms with Crippen LogP contribution < -0.4 is 0 Å². The van der Waals surface area contributed by atoms with Gasteiger partial charge in [0.1, 0.15) is 0 Å². The number of rotatable bonds is 3. The summed E-state index contributed by atoms with van der Waals surface area (Å²) in [5.74, 6) is 2.55. The molecule has 0 nitrogen and oxygen atoms in total. The van der Waals surface area contributed by atoms with Gasteiger partial charge in [0.05, 0.1) is 8.07 Å². The van der Waals surface area contributed by atoms with Crippen molar-refractivity contribution >= 4 is 31.6 Å². The van der Waals surface area contributed by atoms with Crippen molar-refractivity contribution < 1.29 is 0 Å². The Morgan fingerprint density at radius 1 is 0.920 bits per heavy atom. The van der Waals surface area contributed by atoms with Gasteiger partial charge in [-0.1, -0.05) is 56.4 Å². The number of allylic oxidation sites excluding steroid dienone is 4. The number of benzene rings is 1. The molecule has 2 rings (SSSR count). The molecule has 25 heavy (non-hydrogen) atoms. The number of hydrogen-bond donors (Lipinski definition) is 0. The number of thioether (sulfide) groups is 2. The summed E-state index contributed by atoms with van der Waals surface area (Å²) in [4.78, 5) is 3.02. The third-order valence-corrected chi connectivity index (χ3v) is 13.9. The van der Waals surface area contributed by atoms with Crippen LogP contribution in [0.1, 0.15) is 50.3 Å². The summed E-state index contributed by atoms with van der Waals surface area (Å²) in [5, 5.41) is 0. The molecule has 1 heterocycles. The molecule has 138 valence electrons. The van der Waals surface area contributed by atoms with Crippen molar-refractivity contribution in [2.24, 2.45) is 0 Å². The summed E-state index contributed by atoms with van der Waals surface area (Å²) in [5.41, 5.74) is 4.54. The Hall–Kier alpha value is -0.383. The predicted octanol–water partition coefficient (Wildman–Crippen LogP) is 7.78. The van der Waals surface area contributed by atoms with Crippen LogP contribution in [-0.4, -0.2) is 19.6 Å². The van der Waals surface area contributed by atoms with Gasteiger partial charge in [0, 0.05) is 0 Å². The molecule has 3 heteroatoms. The molecule has 1 unspecified atom stereocenters. The summed E-state index contributed by atoms with van der Waals surface area (Å²) in [6.45, 7) is 14.6. The second kappa shape index (κ2) is 9.52. The fourth-order valence-electron chi connectivity index (χ4n) is 3.46. The quantitative estimate of drug-likeness (QED) is 0.483. The van der Waals surface area contributed by atoms with Crippen LogP contribution in [0.4, 0.5) is 0 Å². The summed E-state index contributed by atoms with van der Waals surface area (Å²) >= 11 is 4.19. The first kappa shape index (κ1) is 20.9. The first-order chi connectivity index (χ1) is 11.8. The second-order valence-corrected chi connectivity index (χ2v) is 15.8. The van der Waals surface area contributed by atoms with Crippen molar-refractivity contribution in [1.29, 1.82) is 0 Å². The van der Waals surface area contributed by atoms with Crippen LogP contribution >= 0.6 is 23.5 Å². The molecule has 0 aromatic heterocycles. The lowest BCUT2D eigenvalue weighted by molar-refractivity contribution is 0.916. The molecular formula is C22H34S2Si. The Morgan fingerprint density at radius 2 is 1.44 bits per heavy atom. The highest BCUT2D eigenvalue weighted by Crippen LogP contribution is 2.42. The molecule has 1 aromatic carbocycles. The van der Waals surface area contributed by atoms with E-state index in [1.165, 1.54) is 39.7 Å². The molecule has 0 radical (unpaired) electrons. The zero-order valence-corrected chi connectivity index (χ0v) is 19.4. The standard InChI is InChI=1S/C22H34S2Si/c1-17-11-7-10-14-22(17)20(4)25(5,6)21-15-23-18(2)12-8-9-13-19(3)24-16-21/h7,10-14,20-21H,8-9,15-16H2,1-6H3/b18-12-,19-13-. The van der Waals surface area contributed by atoms with Crippen molar-refractivity contribution in [1.82, 2.24) is 0 Å². The molecule has 0 spiro atoms.